The predicted molar refractivity (Wildman–Crippen MR) is 102 cm³/mol. The van der Waals surface area contributed by atoms with E-state index >= 15 is 0 Å². The standard InChI is InChI=1S/C20H26O5S/c1-2-3-4-5-6-7-9-16-12-13-18(15-20(16)21)25-17-10-8-11-19(14-17)26(22,23)24/h8,10-15,21H,2-7,9H2,1H3,(H,22,23,24). The van der Waals surface area contributed by atoms with E-state index in [-0.39, 0.29) is 16.4 Å². The molecule has 142 valence electrons. The largest absolute Gasteiger partial charge is 0.508 e. The number of hydrogen-bond donors (Lipinski definition) is 2. The Morgan fingerprint density at radius 2 is 1.62 bits per heavy atom. The molecule has 2 rings (SSSR count). The van der Waals surface area contributed by atoms with Gasteiger partial charge in [-0.2, -0.15) is 8.42 Å². The lowest BCUT2D eigenvalue weighted by Crippen LogP contribution is -1.98. The number of aryl methyl sites for hydroxylation is 1. The van der Waals surface area contributed by atoms with Crippen molar-refractivity contribution in [1.82, 2.24) is 0 Å². The van der Waals surface area contributed by atoms with E-state index in [2.05, 4.69) is 6.92 Å². The Morgan fingerprint density at radius 1 is 0.923 bits per heavy atom. The van der Waals surface area contributed by atoms with Gasteiger partial charge >= 0.3 is 0 Å². The highest BCUT2D eigenvalue weighted by Crippen LogP contribution is 2.29. The van der Waals surface area contributed by atoms with Crippen molar-refractivity contribution >= 4 is 10.1 Å². The van der Waals surface area contributed by atoms with E-state index in [1.54, 1.807) is 12.1 Å². The third kappa shape index (κ3) is 6.35. The molecule has 0 saturated carbocycles. The van der Waals surface area contributed by atoms with Gasteiger partial charge in [0.25, 0.3) is 10.1 Å². The van der Waals surface area contributed by atoms with Crippen molar-refractivity contribution in [3.8, 4) is 17.2 Å². The Hall–Kier alpha value is -2.05. The van der Waals surface area contributed by atoms with Gasteiger partial charge in [0.2, 0.25) is 0 Å². The van der Waals surface area contributed by atoms with Crippen LogP contribution in [0.15, 0.2) is 47.4 Å². The van der Waals surface area contributed by atoms with Gasteiger partial charge in [-0.3, -0.25) is 4.55 Å². The van der Waals surface area contributed by atoms with Gasteiger partial charge in [0.05, 0.1) is 4.90 Å². The van der Waals surface area contributed by atoms with Crippen LogP contribution in [0.2, 0.25) is 0 Å². The summed E-state index contributed by atoms with van der Waals surface area (Å²) in [6, 6.07) is 10.7. The SMILES string of the molecule is CCCCCCCCc1ccc(Oc2cccc(S(=O)(=O)O)c2)cc1O. The van der Waals surface area contributed by atoms with Crippen molar-refractivity contribution in [3.63, 3.8) is 0 Å². The van der Waals surface area contributed by atoms with Crippen LogP contribution in [0.4, 0.5) is 0 Å². The number of benzene rings is 2. The van der Waals surface area contributed by atoms with Gasteiger partial charge in [-0.05, 0) is 36.6 Å². The highest BCUT2D eigenvalue weighted by Gasteiger charge is 2.11. The zero-order chi connectivity index (χ0) is 19.0. The summed E-state index contributed by atoms with van der Waals surface area (Å²) in [6.07, 6.45) is 7.99. The van der Waals surface area contributed by atoms with Crippen LogP contribution in [0.5, 0.6) is 17.2 Å². The summed E-state index contributed by atoms with van der Waals surface area (Å²) >= 11 is 0. The van der Waals surface area contributed by atoms with E-state index in [0.29, 0.717) is 5.75 Å². The second kappa shape index (κ2) is 9.59. The first-order valence-corrected chi connectivity index (χ1v) is 10.4. The van der Waals surface area contributed by atoms with Crippen LogP contribution in [0.3, 0.4) is 0 Å². The monoisotopic (exact) mass is 378 g/mol. The molecule has 0 aliphatic carbocycles. The van der Waals surface area contributed by atoms with Gasteiger partial charge in [0.1, 0.15) is 17.2 Å². The minimum Gasteiger partial charge on any atom is -0.508 e. The molecule has 0 saturated heterocycles. The topological polar surface area (TPSA) is 83.8 Å². The molecule has 26 heavy (non-hydrogen) atoms. The van der Waals surface area contributed by atoms with Crippen LogP contribution in [0.25, 0.3) is 0 Å². The summed E-state index contributed by atoms with van der Waals surface area (Å²) < 4.78 is 37.0. The van der Waals surface area contributed by atoms with Crippen LogP contribution < -0.4 is 4.74 Å². The highest BCUT2D eigenvalue weighted by molar-refractivity contribution is 7.85. The van der Waals surface area contributed by atoms with Crippen LogP contribution in [0, 0.1) is 0 Å². The third-order valence-electron chi connectivity index (χ3n) is 4.20. The molecule has 0 radical (unpaired) electrons. The number of unbranched alkanes of at least 4 members (excludes halogenated alkanes) is 5. The van der Waals surface area contributed by atoms with Gasteiger partial charge in [-0.1, -0.05) is 51.2 Å². The predicted octanol–water partition coefficient (Wildman–Crippen LogP) is 5.33. The smallest absolute Gasteiger partial charge is 0.294 e. The molecule has 0 fully saturated rings. The quantitative estimate of drug-likeness (QED) is 0.431. The normalized spacial score (nSPS) is 11.5. The van der Waals surface area contributed by atoms with Crippen LogP contribution in [-0.2, 0) is 16.5 Å². The molecule has 0 aromatic heterocycles. The zero-order valence-electron chi connectivity index (χ0n) is 15.0. The Bertz CT molecular complexity index is 815. The van der Waals surface area contributed by atoms with Crippen molar-refractivity contribution < 1.29 is 22.8 Å². The van der Waals surface area contributed by atoms with Gasteiger partial charge < -0.3 is 9.84 Å². The van der Waals surface area contributed by atoms with Crippen molar-refractivity contribution in [2.24, 2.45) is 0 Å². The lowest BCUT2D eigenvalue weighted by atomic mass is 10.0. The second-order valence-corrected chi connectivity index (χ2v) is 7.78. The van der Waals surface area contributed by atoms with Gasteiger partial charge in [-0.15, -0.1) is 0 Å². The third-order valence-corrected chi connectivity index (χ3v) is 5.05. The minimum atomic E-state index is -4.28. The molecule has 2 N–H and O–H groups in total. The van der Waals surface area contributed by atoms with Crippen LogP contribution in [0.1, 0.15) is 51.0 Å². The van der Waals surface area contributed by atoms with Gasteiger partial charge in [0, 0.05) is 12.1 Å². The van der Waals surface area contributed by atoms with Crippen molar-refractivity contribution in [1.29, 1.82) is 0 Å². The zero-order valence-corrected chi connectivity index (χ0v) is 15.8. The maximum atomic E-state index is 11.2. The van der Waals surface area contributed by atoms with Crippen molar-refractivity contribution in [3.05, 3.63) is 48.0 Å². The first-order valence-electron chi connectivity index (χ1n) is 8.97. The Labute approximate surface area is 155 Å². The van der Waals surface area contributed by atoms with Gasteiger partial charge in [-0.25, -0.2) is 0 Å². The van der Waals surface area contributed by atoms with E-state index in [1.165, 1.54) is 49.9 Å². The maximum absolute atomic E-state index is 11.2. The molecule has 0 atom stereocenters. The number of hydrogen-bond acceptors (Lipinski definition) is 4. The van der Waals surface area contributed by atoms with Crippen molar-refractivity contribution in [2.45, 2.75) is 56.8 Å². The van der Waals surface area contributed by atoms with E-state index in [4.69, 9.17) is 9.29 Å². The summed E-state index contributed by atoms with van der Waals surface area (Å²) in [5, 5.41) is 10.2. The van der Waals surface area contributed by atoms with E-state index < -0.39 is 10.1 Å². The number of rotatable bonds is 10. The van der Waals surface area contributed by atoms with Crippen LogP contribution >= 0.6 is 0 Å². The second-order valence-electron chi connectivity index (χ2n) is 6.36. The molecule has 5 nitrogen and oxygen atoms in total. The summed E-state index contributed by atoms with van der Waals surface area (Å²) in [7, 11) is -4.28. The highest BCUT2D eigenvalue weighted by atomic mass is 32.2. The Kier molecular flexibility index (Phi) is 7.48. The summed E-state index contributed by atoms with van der Waals surface area (Å²) in [6.45, 7) is 2.20. The maximum Gasteiger partial charge on any atom is 0.294 e. The van der Waals surface area contributed by atoms with Gasteiger partial charge in [0.15, 0.2) is 0 Å². The van der Waals surface area contributed by atoms with E-state index in [1.807, 2.05) is 6.07 Å². The molecule has 6 heteroatoms. The molecule has 2 aromatic carbocycles. The minimum absolute atomic E-state index is 0.169. The Balaban J connectivity index is 1.95. The fourth-order valence-corrected chi connectivity index (χ4v) is 3.26. The molecule has 0 heterocycles. The number of phenols is 1. The molecule has 0 bridgehead atoms. The average molecular weight is 378 g/mol. The number of aromatic hydroxyl groups is 1. The Morgan fingerprint density at radius 3 is 2.31 bits per heavy atom. The lowest BCUT2D eigenvalue weighted by Gasteiger charge is -2.10. The average Bonchev–Trinajstić information content (AvgIpc) is 2.59. The molecule has 0 aliphatic rings. The number of ether oxygens (including phenoxy) is 1. The molecule has 0 unspecified atom stereocenters. The molecular weight excluding hydrogens is 352 g/mol. The summed E-state index contributed by atoms with van der Waals surface area (Å²) in [4.78, 5) is -0.237. The van der Waals surface area contributed by atoms with E-state index in [9.17, 15) is 13.5 Å². The summed E-state index contributed by atoms with van der Waals surface area (Å²) in [5.74, 6) is 0.840. The fourth-order valence-electron chi connectivity index (χ4n) is 2.75. The molecular formula is C20H26O5S. The molecule has 0 aliphatic heterocycles. The lowest BCUT2D eigenvalue weighted by molar-refractivity contribution is 0.447. The molecule has 0 spiro atoms. The van der Waals surface area contributed by atoms with Crippen LogP contribution in [-0.4, -0.2) is 18.1 Å². The first-order chi connectivity index (χ1) is 12.4. The fraction of sp³-hybridized carbons (Fsp3) is 0.400. The molecule has 0 amide bonds. The van der Waals surface area contributed by atoms with Crippen molar-refractivity contribution in [2.75, 3.05) is 0 Å². The summed E-state index contributed by atoms with van der Waals surface area (Å²) in [5.41, 5.74) is 0.875. The molecule has 2 aromatic rings. The first kappa shape index (κ1) is 20.3. The van der Waals surface area contributed by atoms with E-state index in [0.717, 1.165) is 24.8 Å². The number of phenolic OH excluding ortho intramolecular Hbond substituents is 1.